The number of nitrogens with zero attached hydrogens (tertiary/aromatic N) is 3. The molecule has 0 saturated carbocycles. The Kier molecular flexibility index (Phi) is 6.07. The van der Waals surface area contributed by atoms with Gasteiger partial charge in [0, 0.05) is 30.5 Å². The first-order chi connectivity index (χ1) is 14.2. The lowest BCUT2D eigenvalue weighted by molar-refractivity contribution is -0.255. The van der Waals surface area contributed by atoms with Crippen molar-refractivity contribution in [3.63, 3.8) is 0 Å². The number of ether oxygens (including phenoxy) is 1. The average molecular weight is 406 g/mol. The number of carbonyl (C=O) groups is 1. The number of aromatic nitrogens is 2. The third kappa shape index (κ3) is 4.93. The van der Waals surface area contributed by atoms with Crippen LogP contribution in [0.2, 0.25) is 0 Å². The van der Waals surface area contributed by atoms with Gasteiger partial charge >= 0.3 is 0 Å². The number of thioether (sulfide) groups is 1. The molecule has 0 unspecified atom stereocenters. The largest absolute Gasteiger partial charge is 0.545 e. The van der Waals surface area contributed by atoms with Crippen LogP contribution in [0.4, 0.5) is 5.82 Å². The van der Waals surface area contributed by atoms with Gasteiger partial charge in [0.05, 0.1) is 24.9 Å². The minimum Gasteiger partial charge on any atom is -0.545 e. The van der Waals surface area contributed by atoms with Crippen molar-refractivity contribution in [1.82, 2.24) is 9.97 Å². The minimum absolute atomic E-state index is 0.177. The van der Waals surface area contributed by atoms with Crippen LogP contribution in [0, 0.1) is 0 Å². The summed E-state index contributed by atoms with van der Waals surface area (Å²) in [6, 6.07) is 18.8. The smallest absolute Gasteiger partial charge is 0.190 e. The first kappa shape index (κ1) is 19.4. The number of anilines is 1. The molecule has 3 aromatic rings. The summed E-state index contributed by atoms with van der Waals surface area (Å²) in [6.07, 6.45) is 0. The second-order valence-electron chi connectivity index (χ2n) is 6.64. The van der Waals surface area contributed by atoms with E-state index in [2.05, 4.69) is 4.90 Å². The molecule has 2 heterocycles. The van der Waals surface area contributed by atoms with Crippen molar-refractivity contribution in [1.29, 1.82) is 0 Å². The summed E-state index contributed by atoms with van der Waals surface area (Å²) in [5.41, 5.74) is 2.97. The molecule has 0 bridgehead atoms. The monoisotopic (exact) mass is 406 g/mol. The van der Waals surface area contributed by atoms with Crippen LogP contribution in [0.5, 0.6) is 0 Å². The molecule has 29 heavy (non-hydrogen) atoms. The summed E-state index contributed by atoms with van der Waals surface area (Å²) < 4.78 is 5.46. The van der Waals surface area contributed by atoms with Crippen LogP contribution >= 0.6 is 11.8 Å². The molecule has 148 valence electrons. The lowest BCUT2D eigenvalue weighted by Crippen LogP contribution is -2.36. The van der Waals surface area contributed by atoms with Crippen LogP contribution in [0.15, 0.2) is 65.8 Å². The van der Waals surface area contributed by atoms with Gasteiger partial charge in [-0.3, -0.25) is 0 Å². The number of hydrogen-bond acceptors (Lipinski definition) is 7. The van der Waals surface area contributed by atoms with Crippen LogP contribution in [0.1, 0.15) is 15.9 Å². The number of morpholine rings is 1. The van der Waals surface area contributed by atoms with Gasteiger partial charge in [0.1, 0.15) is 5.82 Å². The number of benzene rings is 2. The highest BCUT2D eigenvalue weighted by Crippen LogP contribution is 2.28. The molecule has 4 rings (SSSR count). The zero-order valence-electron chi connectivity index (χ0n) is 15.8. The normalized spacial score (nSPS) is 14.0. The average Bonchev–Trinajstić information content (AvgIpc) is 2.79. The number of rotatable bonds is 6. The van der Waals surface area contributed by atoms with Gasteiger partial charge in [-0.15, -0.1) is 0 Å². The van der Waals surface area contributed by atoms with E-state index in [1.807, 2.05) is 42.5 Å². The van der Waals surface area contributed by atoms with Gasteiger partial charge in [0.15, 0.2) is 5.16 Å². The third-order valence-electron chi connectivity index (χ3n) is 4.63. The summed E-state index contributed by atoms with van der Waals surface area (Å²) in [5.74, 6) is 0.281. The van der Waals surface area contributed by atoms with E-state index in [0.29, 0.717) is 24.1 Å². The van der Waals surface area contributed by atoms with Crippen molar-refractivity contribution < 1.29 is 14.6 Å². The molecule has 0 N–H and O–H groups in total. The van der Waals surface area contributed by atoms with E-state index in [1.54, 1.807) is 12.1 Å². The number of aromatic carboxylic acids is 1. The number of carbonyl (C=O) groups excluding carboxylic acids is 1. The van der Waals surface area contributed by atoms with E-state index in [0.717, 1.165) is 35.7 Å². The lowest BCUT2D eigenvalue weighted by Gasteiger charge is -2.28. The Morgan fingerprint density at radius 2 is 1.83 bits per heavy atom. The Morgan fingerprint density at radius 3 is 2.59 bits per heavy atom. The Balaban J connectivity index is 1.61. The Bertz CT molecular complexity index is 992. The molecule has 7 heteroatoms. The highest BCUT2D eigenvalue weighted by molar-refractivity contribution is 7.98. The molecule has 1 aliphatic heterocycles. The third-order valence-corrected chi connectivity index (χ3v) is 5.55. The molecule has 0 aliphatic carbocycles. The molecule has 6 nitrogen and oxygen atoms in total. The van der Waals surface area contributed by atoms with E-state index < -0.39 is 5.97 Å². The zero-order chi connectivity index (χ0) is 20.1. The topological polar surface area (TPSA) is 78.4 Å². The molecule has 0 radical (unpaired) electrons. The van der Waals surface area contributed by atoms with E-state index >= 15 is 0 Å². The van der Waals surface area contributed by atoms with Crippen LogP contribution in [-0.2, 0) is 10.5 Å². The maximum absolute atomic E-state index is 11.1. The standard InChI is InChI=1S/C22H21N3O3S/c26-21(27)18-8-4-5-16(13-18)15-29-22-23-19(17-6-2-1-3-7-17)14-20(24-22)25-9-11-28-12-10-25/h1-8,13-14H,9-12,15H2,(H,26,27)/p-1. The summed E-state index contributed by atoms with van der Waals surface area (Å²) in [6.45, 7) is 2.96. The van der Waals surface area contributed by atoms with Gasteiger partial charge in [0.2, 0.25) is 0 Å². The summed E-state index contributed by atoms with van der Waals surface area (Å²) in [7, 11) is 0. The molecule has 1 aliphatic rings. The lowest BCUT2D eigenvalue weighted by atomic mass is 10.1. The van der Waals surface area contributed by atoms with Gasteiger partial charge in [-0.05, 0) is 17.2 Å². The van der Waals surface area contributed by atoms with Gasteiger partial charge in [-0.2, -0.15) is 0 Å². The molecular weight excluding hydrogens is 386 g/mol. The number of hydrogen-bond donors (Lipinski definition) is 0. The predicted octanol–water partition coefficient (Wildman–Crippen LogP) is 2.64. The maximum Gasteiger partial charge on any atom is 0.190 e. The van der Waals surface area contributed by atoms with Crippen molar-refractivity contribution >= 4 is 23.5 Å². The molecule has 2 aromatic carbocycles. The number of carboxylic acid groups (broad SMARTS) is 1. The fourth-order valence-electron chi connectivity index (χ4n) is 3.12. The van der Waals surface area contributed by atoms with Crippen molar-refractivity contribution in [2.24, 2.45) is 0 Å². The molecule has 0 amide bonds. The van der Waals surface area contributed by atoms with Crippen molar-refractivity contribution in [3.05, 3.63) is 71.8 Å². The molecule has 1 fully saturated rings. The maximum atomic E-state index is 11.1. The predicted molar refractivity (Wildman–Crippen MR) is 111 cm³/mol. The Labute approximate surface area is 173 Å². The fourth-order valence-corrected chi connectivity index (χ4v) is 3.92. The quantitative estimate of drug-likeness (QED) is 0.460. The van der Waals surface area contributed by atoms with Gasteiger partial charge in [-0.25, -0.2) is 9.97 Å². The van der Waals surface area contributed by atoms with Crippen LogP contribution in [0.25, 0.3) is 11.3 Å². The van der Waals surface area contributed by atoms with E-state index in [-0.39, 0.29) is 5.56 Å². The summed E-state index contributed by atoms with van der Waals surface area (Å²) in [5, 5.41) is 11.7. The summed E-state index contributed by atoms with van der Waals surface area (Å²) in [4.78, 5) is 22.8. The molecular formula is C22H20N3O3S-. The fraction of sp³-hybridized carbons (Fsp3) is 0.227. The van der Waals surface area contributed by atoms with Crippen molar-refractivity contribution in [2.45, 2.75) is 10.9 Å². The van der Waals surface area contributed by atoms with E-state index in [4.69, 9.17) is 14.7 Å². The number of carboxylic acids is 1. The molecule has 0 atom stereocenters. The first-order valence-corrected chi connectivity index (χ1v) is 10.4. The summed E-state index contributed by atoms with van der Waals surface area (Å²) >= 11 is 1.49. The Hall–Kier alpha value is -2.90. The van der Waals surface area contributed by atoms with Crippen LogP contribution in [0.3, 0.4) is 0 Å². The Morgan fingerprint density at radius 1 is 1.03 bits per heavy atom. The molecule has 1 aromatic heterocycles. The molecule has 0 spiro atoms. The zero-order valence-corrected chi connectivity index (χ0v) is 16.6. The molecule has 1 saturated heterocycles. The van der Waals surface area contributed by atoms with Crippen molar-refractivity contribution in [3.8, 4) is 11.3 Å². The minimum atomic E-state index is -1.17. The highest BCUT2D eigenvalue weighted by atomic mass is 32.2. The first-order valence-electron chi connectivity index (χ1n) is 9.39. The van der Waals surface area contributed by atoms with Crippen LogP contribution in [-0.4, -0.2) is 42.2 Å². The van der Waals surface area contributed by atoms with E-state index in [1.165, 1.54) is 17.8 Å². The second kappa shape index (κ2) is 9.07. The van der Waals surface area contributed by atoms with Crippen molar-refractivity contribution in [2.75, 3.05) is 31.2 Å². The SMILES string of the molecule is O=C([O-])c1cccc(CSc2nc(-c3ccccc3)cc(N3CCOCC3)n2)c1. The van der Waals surface area contributed by atoms with Crippen LogP contribution < -0.4 is 10.0 Å². The second-order valence-corrected chi connectivity index (χ2v) is 7.58. The van der Waals surface area contributed by atoms with Gasteiger partial charge < -0.3 is 19.5 Å². The highest BCUT2D eigenvalue weighted by Gasteiger charge is 2.16. The van der Waals surface area contributed by atoms with Gasteiger partial charge in [0.25, 0.3) is 0 Å². The van der Waals surface area contributed by atoms with Gasteiger partial charge in [-0.1, -0.05) is 60.3 Å². The van der Waals surface area contributed by atoms with E-state index in [9.17, 15) is 9.90 Å².